The van der Waals surface area contributed by atoms with E-state index in [9.17, 15) is 4.39 Å². The first-order valence-electron chi connectivity index (χ1n) is 11.6. The topological polar surface area (TPSA) is 125 Å². The molecular formula is C26H20FN9. The number of imidazole rings is 1. The van der Waals surface area contributed by atoms with Crippen LogP contribution in [0.4, 0.5) is 10.2 Å². The fourth-order valence-electron chi connectivity index (χ4n) is 4.58. The van der Waals surface area contributed by atoms with Gasteiger partial charge in [-0.25, -0.2) is 19.3 Å². The zero-order chi connectivity index (χ0) is 24.2. The minimum Gasteiger partial charge on any atom is -0.352 e. The molecule has 36 heavy (non-hydrogen) atoms. The molecule has 1 fully saturated rings. The summed E-state index contributed by atoms with van der Waals surface area (Å²) in [6.45, 7) is 1.52. The van der Waals surface area contributed by atoms with E-state index < -0.39 is 0 Å². The number of halogens is 1. The van der Waals surface area contributed by atoms with Crippen LogP contribution in [0.5, 0.6) is 0 Å². The van der Waals surface area contributed by atoms with E-state index in [1.165, 1.54) is 6.07 Å². The number of rotatable bonds is 4. The van der Waals surface area contributed by atoms with Gasteiger partial charge < -0.3 is 15.6 Å². The summed E-state index contributed by atoms with van der Waals surface area (Å²) in [4.78, 5) is 24.1. The molecule has 0 bridgehead atoms. The van der Waals surface area contributed by atoms with E-state index in [1.54, 1.807) is 24.5 Å². The second-order valence-electron chi connectivity index (χ2n) is 8.86. The molecule has 4 N–H and O–H groups in total. The Morgan fingerprint density at radius 2 is 1.69 bits per heavy atom. The maximum absolute atomic E-state index is 14.5. The molecule has 0 radical (unpaired) electrons. The van der Waals surface area contributed by atoms with E-state index in [0.717, 1.165) is 29.9 Å². The zero-order valence-electron chi connectivity index (χ0n) is 19.0. The number of aromatic amines is 2. The average Bonchev–Trinajstić information content (AvgIpc) is 3.51. The second-order valence-corrected chi connectivity index (χ2v) is 8.86. The first-order valence-corrected chi connectivity index (χ1v) is 11.6. The van der Waals surface area contributed by atoms with Crippen LogP contribution in [0.1, 0.15) is 0 Å². The van der Waals surface area contributed by atoms with Gasteiger partial charge in [-0.15, -0.1) is 0 Å². The van der Waals surface area contributed by atoms with E-state index in [1.807, 2.05) is 36.4 Å². The normalized spacial score (nSPS) is 14.0. The number of hydrogen-bond acceptors (Lipinski definition) is 7. The maximum Gasteiger partial charge on any atom is 0.161 e. The van der Waals surface area contributed by atoms with Crippen molar-refractivity contribution in [1.82, 2.24) is 35.1 Å². The molecule has 0 unspecified atom stereocenters. The lowest BCUT2D eigenvalue weighted by Crippen LogP contribution is -2.56. The van der Waals surface area contributed by atoms with Crippen molar-refractivity contribution < 1.29 is 4.39 Å². The van der Waals surface area contributed by atoms with Crippen LogP contribution in [-0.2, 0) is 0 Å². The van der Waals surface area contributed by atoms with Gasteiger partial charge in [0.1, 0.15) is 22.8 Å². The first-order chi connectivity index (χ1) is 17.6. The summed E-state index contributed by atoms with van der Waals surface area (Å²) >= 11 is 0. The van der Waals surface area contributed by atoms with Gasteiger partial charge in [0.15, 0.2) is 11.5 Å². The number of aromatic nitrogens is 7. The number of benzene rings is 2. The molecule has 1 aliphatic heterocycles. The Bertz CT molecular complexity index is 1750. The highest BCUT2D eigenvalue weighted by Crippen LogP contribution is 2.32. The highest BCUT2D eigenvalue weighted by atomic mass is 19.1. The fraction of sp³-hybridized carbons (Fsp3) is 0.115. The van der Waals surface area contributed by atoms with Crippen LogP contribution >= 0.6 is 0 Å². The minimum absolute atomic E-state index is 0.168. The smallest absolute Gasteiger partial charge is 0.161 e. The van der Waals surface area contributed by atoms with Crippen LogP contribution in [0.15, 0.2) is 67.0 Å². The van der Waals surface area contributed by atoms with E-state index in [-0.39, 0.29) is 11.9 Å². The average molecular weight is 478 g/mol. The maximum atomic E-state index is 14.5. The number of pyridine rings is 1. The van der Waals surface area contributed by atoms with Crippen molar-refractivity contribution >= 4 is 27.9 Å². The molecule has 0 amide bonds. The molecular weight excluding hydrogens is 457 g/mol. The van der Waals surface area contributed by atoms with Crippen molar-refractivity contribution in [1.29, 1.82) is 0 Å². The summed E-state index contributed by atoms with van der Waals surface area (Å²) in [5.41, 5.74) is 11.9. The highest BCUT2D eigenvalue weighted by molar-refractivity contribution is 5.96. The lowest BCUT2D eigenvalue weighted by Gasteiger charge is -2.37. The molecule has 0 spiro atoms. The summed E-state index contributed by atoms with van der Waals surface area (Å²) in [5, 5.41) is 7.51. The Morgan fingerprint density at radius 3 is 2.56 bits per heavy atom. The van der Waals surface area contributed by atoms with Crippen molar-refractivity contribution in [3.8, 4) is 34.0 Å². The van der Waals surface area contributed by atoms with Crippen LogP contribution in [0.3, 0.4) is 0 Å². The molecule has 0 saturated carbocycles. The van der Waals surface area contributed by atoms with Gasteiger partial charge in [-0.05, 0) is 24.3 Å². The van der Waals surface area contributed by atoms with E-state index in [2.05, 4.69) is 25.1 Å². The van der Waals surface area contributed by atoms with Gasteiger partial charge in [-0.2, -0.15) is 5.10 Å². The van der Waals surface area contributed by atoms with Gasteiger partial charge in [0.05, 0.1) is 34.6 Å². The predicted octanol–water partition coefficient (Wildman–Crippen LogP) is 3.91. The van der Waals surface area contributed by atoms with Crippen molar-refractivity contribution in [3.05, 3.63) is 72.8 Å². The number of hydrogen-bond donors (Lipinski definition) is 3. The van der Waals surface area contributed by atoms with Crippen molar-refractivity contribution in [2.24, 2.45) is 5.73 Å². The van der Waals surface area contributed by atoms with Crippen LogP contribution in [0.2, 0.25) is 0 Å². The molecule has 2 aromatic carbocycles. The van der Waals surface area contributed by atoms with E-state index in [0.29, 0.717) is 45.1 Å². The summed E-state index contributed by atoms with van der Waals surface area (Å²) in [5.74, 6) is 1.02. The lowest BCUT2D eigenvalue weighted by molar-refractivity contribution is 0.514. The first kappa shape index (κ1) is 20.7. The molecule has 0 aliphatic carbocycles. The molecule has 0 atom stereocenters. The standard InChI is InChI=1S/C26H20FN9/c27-17-6-2-1-4-15(17)16-5-3-7-19-23(16)33-26(32-19)25-24-20(34-35-25)9-8-18(31-24)21-10-29-11-22(30-21)36-12-14(28)13-36/h1-11,14H,12-13,28H2,(H,32,33)(H,34,35). The Balaban J connectivity index is 1.32. The van der Waals surface area contributed by atoms with Gasteiger partial charge in [0.25, 0.3) is 0 Å². The molecule has 5 heterocycles. The van der Waals surface area contributed by atoms with Crippen LogP contribution in [0, 0.1) is 5.82 Å². The van der Waals surface area contributed by atoms with Crippen LogP contribution < -0.4 is 10.6 Å². The number of para-hydroxylation sites is 1. The van der Waals surface area contributed by atoms with Gasteiger partial charge in [-0.3, -0.25) is 10.1 Å². The van der Waals surface area contributed by atoms with Crippen molar-refractivity contribution in [2.75, 3.05) is 18.0 Å². The lowest BCUT2D eigenvalue weighted by atomic mass is 10.0. The van der Waals surface area contributed by atoms with Gasteiger partial charge in [0.2, 0.25) is 0 Å². The summed E-state index contributed by atoms with van der Waals surface area (Å²) in [6, 6.07) is 16.3. The third-order valence-electron chi connectivity index (χ3n) is 6.43. The van der Waals surface area contributed by atoms with Crippen LogP contribution in [-0.4, -0.2) is 54.2 Å². The largest absolute Gasteiger partial charge is 0.352 e. The van der Waals surface area contributed by atoms with Gasteiger partial charge in [-0.1, -0.05) is 30.3 Å². The molecule has 1 saturated heterocycles. The third kappa shape index (κ3) is 3.30. The molecule has 10 heteroatoms. The number of fused-ring (bicyclic) bond motifs is 2. The Hall–Kier alpha value is -4.70. The summed E-state index contributed by atoms with van der Waals surface area (Å²) in [6.07, 6.45) is 3.43. The number of nitrogens with one attached hydrogen (secondary N) is 2. The zero-order valence-corrected chi connectivity index (χ0v) is 19.0. The fourth-order valence-corrected chi connectivity index (χ4v) is 4.58. The summed E-state index contributed by atoms with van der Waals surface area (Å²) < 4.78 is 14.5. The van der Waals surface area contributed by atoms with Gasteiger partial charge in [0, 0.05) is 30.3 Å². The molecule has 7 rings (SSSR count). The second kappa shape index (κ2) is 7.92. The molecule has 6 aromatic rings. The van der Waals surface area contributed by atoms with E-state index >= 15 is 0 Å². The SMILES string of the molecule is NC1CN(c2cncc(-c3ccc4[nH]nc(-c5nc6c(-c7ccccc7F)cccc6[nH]5)c4n3)n2)C1. The van der Waals surface area contributed by atoms with E-state index in [4.69, 9.17) is 20.7 Å². The number of anilines is 1. The molecule has 9 nitrogen and oxygen atoms in total. The van der Waals surface area contributed by atoms with Crippen LogP contribution in [0.25, 0.3) is 56.1 Å². The van der Waals surface area contributed by atoms with Gasteiger partial charge >= 0.3 is 0 Å². The summed E-state index contributed by atoms with van der Waals surface area (Å²) in [7, 11) is 0. The Labute approximate surface area is 204 Å². The molecule has 176 valence electrons. The number of nitrogens with two attached hydrogens (primary N) is 1. The quantitative estimate of drug-likeness (QED) is 0.351. The third-order valence-corrected chi connectivity index (χ3v) is 6.43. The monoisotopic (exact) mass is 477 g/mol. The highest BCUT2D eigenvalue weighted by Gasteiger charge is 2.25. The minimum atomic E-state index is -0.297. The van der Waals surface area contributed by atoms with Crippen molar-refractivity contribution in [2.45, 2.75) is 6.04 Å². The Kier molecular flexibility index (Phi) is 4.55. The molecule has 4 aromatic heterocycles. The molecule has 1 aliphatic rings. The number of H-pyrrole nitrogens is 2. The Morgan fingerprint density at radius 1 is 0.833 bits per heavy atom. The van der Waals surface area contributed by atoms with Crippen molar-refractivity contribution in [3.63, 3.8) is 0 Å². The number of nitrogens with zero attached hydrogens (tertiary/aromatic N) is 6. The predicted molar refractivity (Wildman–Crippen MR) is 136 cm³/mol.